The molecule has 0 atom stereocenters. The Morgan fingerprint density at radius 3 is 0.729 bits per heavy atom. The van der Waals surface area contributed by atoms with Gasteiger partial charge in [-0.25, -0.2) is 0 Å². The first-order chi connectivity index (χ1) is 41.7. The molecule has 500 valence electrons. The van der Waals surface area contributed by atoms with Crippen molar-refractivity contribution in [3.05, 3.63) is 0 Å². The smallest absolute Gasteiger partial charge is 0.306 e. The molecule has 0 radical (unpaired) electrons. The van der Waals surface area contributed by atoms with Crippen LogP contribution in [0.4, 0.5) is 0 Å². The van der Waals surface area contributed by atoms with E-state index in [1.807, 2.05) is 0 Å². The van der Waals surface area contributed by atoms with Crippen LogP contribution in [0.25, 0.3) is 0 Å². The lowest BCUT2D eigenvalue weighted by atomic mass is 10.1. The molecule has 0 spiro atoms. The number of hydrogen-bond donors (Lipinski definition) is 3. The molecule has 0 aliphatic heterocycles. The number of nitrogens with zero attached hydrogens (tertiary/aromatic N) is 4. The van der Waals surface area contributed by atoms with Crippen LogP contribution < -0.4 is 17.2 Å². The van der Waals surface area contributed by atoms with Crippen molar-refractivity contribution in [3.63, 3.8) is 0 Å². The molecule has 13 nitrogen and oxygen atoms in total. The number of nitrogens with two attached hydrogens (primary N) is 3. The first-order valence-corrected chi connectivity index (χ1v) is 39.0. The average Bonchev–Trinajstić information content (AvgIpc) is 3.49. The second-order valence-electron chi connectivity index (χ2n) is 23.7. The largest absolute Gasteiger partial charge is 0.466 e. The maximum Gasteiger partial charge on any atom is 0.306 e. The summed E-state index contributed by atoms with van der Waals surface area (Å²) in [5.74, 6) is 6.74. The normalized spacial score (nSPS) is 12.2. The lowest BCUT2D eigenvalue weighted by Gasteiger charge is -2.20. The summed E-state index contributed by atoms with van der Waals surface area (Å²) in [6.45, 7) is 12.3. The number of ether oxygens (including phenoxy) is 3. The van der Waals surface area contributed by atoms with Gasteiger partial charge in [-0.2, -0.15) is 35.3 Å². The third-order valence-electron chi connectivity index (χ3n) is 15.5. The van der Waals surface area contributed by atoms with Gasteiger partial charge < -0.3 is 31.4 Å². The Morgan fingerprint density at radius 2 is 0.506 bits per heavy atom. The van der Waals surface area contributed by atoms with E-state index >= 15 is 0 Å². The van der Waals surface area contributed by atoms with Gasteiger partial charge in [-0.15, -0.1) is 0 Å². The highest BCUT2D eigenvalue weighted by molar-refractivity contribution is 7.99. The topological polar surface area (TPSA) is 197 Å². The van der Waals surface area contributed by atoms with Crippen LogP contribution in [0.1, 0.15) is 310 Å². The molecule has 0 aliphatic rings. The Labute approximate surface area is 536 Å². The molecule has 0 saturated carbocycles. The molecule has 0 aromatic carbocycles. The van der Waals surface area contributed by atoms with Gasteiger partial charge in [0.1, 0.15) is 0 Å². The number of hydrogen-bond acceptors (Lipinski definition) is 13. The molecule has 0 amide bonds. The number of amidine groups is 3. The molecule has 0 bridgehead atoms. The van der Waals surface area contributed by atoms with Gasteiger partial charge >= 0.3 is 17.9 Å². The Hall–Kier alpha value is -2.17. The maximum absolute atomic E-state index is 12.3. The number of carbonyl (C=O) groups excluding carboxylic acids is 3. The van der Waals surface area contributed by atoms with Crippen LogP contribution in [0.5, 0.6) is 0 Å². The summed E-state index contributed by atoms with van der Waals surface area (Å²) in [5, 5.41) is 0. The second kappa shape index (κ2) is 69.3. The molecule has 0 saturated heterocycles. The number of esters is 3. The first-order valence-electron chi connectivity index (χ1n) is 35.5. The summed E-state index contributed by atoms with van der Waals surface area (Å²) in [4.78, 5) is 53.2. The van der Waals surface area contributed by atoms with E-state index in [1.165, 1.54) is 193 Å². The van der Waals surface area contributed by atoms with E-state index in [0.29, 0.717) is 76.2 Å². The molecule has 0 fully saturated rings. The standard InChI is InChI=1S/C69H135N7O6S3/c1-4-7-10-13-16-19-22-25-28-31-34-37-55-80-67(77)46-61-83-58-40-43-64(70)73-49-52-76(53-50-74-65(71)44-41-59-84-62-47-68(78)81-56-38-35-32-29-26-23-20-17-14-11-8-5-2)54-51-75-66(72)45-42-60-85-63-48-69(79)82-57-39-36-33-30-27-24-21-18-15-12-9-6-3/h4-63H2,1-3H3,(H2,70,73)(H2,71,74)(H2,72,75). The van der Waals surface area contributed by atoms with Gasteiger partial charge in [-0.3, -0.25) is 34.3 Å². The van der Waals surface area contributed by atoms with Gasteiger partial charge in [0.2, 0.25) is 0 Å². The zero-order valence-electron chi connectivity index (χ0n) is 55.6. The summed E-state index contributed by atoms with van der Waals surface area (Å²) >= 11 is 5.30. The van der Waals surface area contributed by atoms with Crippen molar-refractivity contribution in [1.29, 1.82) is 0 Å². The number of unbranched alkanes of at least 4 members (excludes halogenated alkanes) is 33. The highest BCUT2D eigenvalue weighted by Gasteiger charge is 2.09. The van der Waals surface area contributed by atoms with E-state index < -0.39 is 0 Å². The van der Waals surface area contributed by atoms with Crippen molar-refractivity contribution in [2.45, 2.75) is 310 Å². The van der Waals surface area contributed by atoms with E-state index in [-0.39, 0.29) is 17.9 Å². The fraction of sp³-hybridized carbons (Fsp3) is 0.913. The quantitative estimate of drug-likeness (QED) is 0.0171. The number of carbonyl (C=O) groups is 3. The minimum Gasteiger partial charge on any atom is -0.466 e. The summed E-state index contributed by atoms with van der Waals surface area (Å²) < 4.78 is 16.5. The Bertz CT molecular complexity index is 1390. The van der Waals surface area contributed by atoms with Crippen molar-refractivity contribution >= 4 is 70.7 Å². The Kier molecular flexibility index (Phi) is 67.5. The van der Waals surface area contributed by atoms with E-state index in [2.05, 4.69) is 25.7 Å². The zero-order chi connectivity index (χ0) is 61.8. The maximum atomic E-state index is 12.3. The van der Waals surface area contributed by atoms with Gasteiger partial charge in [0.25, 0.3) is 0 Å². The predicted molar refractivity (Wildman–Crippen MR) is 376 cm³/mol. The molecule has 6 N–H and O–H groups in total. The average molecular weight is 1260 g/mol. The Balaban J connectivity index is 4.57. The minimum absolute atomic E-state index is 0.0925. The molecule has 0 rings (SSSR count). The third-order valence-corrected chi connectivity index (χ3v) is 18.7. The van der Waals surface area contributed by atoms with E-state index in [9.17, 15) is 14.4 Å². The molecule has 0 unspecified atom stereocenters. The van der Waals surface area contributed by atoms with Gasteiger partial charge in [0.15, 0.2) is 0 Å². The van der Waals surface area contributed by atoms with Crippen LogP contribution in [-0.2, 0) is 28.6 Å². The van der Waals surface area contributed by atoms with E-state index in [4.69, 9.17) is 46.4 Å². The van der Waals surface area contributed by atoms with Crippen LogP contribution in [0.2, 0.25) is 0 Å². The summed E-state index contributed by atoms with van der Waals surface area (Å²) in [7, 11) is 0. The second-order valence-corrected chi connectivity index (χ2v) is 27.4. The lowest BCUT2D eigenvalue weighted by molar-refractivity contribution is -0.144. The highest BCUT2D eigenvalue weighted by Crippen LogP contribution is 2.17. The molecular formula is C69H135N7O6S3. The molecule has 0 heterocycles. The third kappa shape index (κ3) is 67.6. The van der Waals surface area contributed by atoms with Crippen molar-refractivity contribution in [2.75, 3.05) is 93.6 Å². The molecule has 0 aromatic rings. The van der Waals surface area contributed by atoms with E-state index in [0.717, 1.165) is 131 Å². The van der Waals surface area contributed by atoms with Gasteiger partial charge in [-0.1, -0.05) is 233 Å². The number of aliphatic imine (C=N–C) groups is 3. The van der Waals surface area contributed by atoms with Crippen LogP contribution >= 0.6 is 35.3 Å². The van der Waals surface area contributed by atoms with Crippen molar-refractivity contribution in [1.82, 2.24) is 4.90 Å². The van der Waals surface area contributed by atoms with Gasteiger partial charge in [-0.05, 0) is 55.8 Å². The Morgan fingerprint density at radius 1 is 0.294 bits per heavy atom. The number of thioether (sulfide) groups is 3. The van der Waals surface area contributed by atoms with E-state index in [1.54, 1.807) is 35.3 Å². The molecule has 16 heteroatoms. The monoisotopic (exact) mass is 1250 g/mol. The summed E-state index contributed by atoms with van der Waals surface area (Å²) in [6, 6.07) is 0. The SMILES string of the molecule is CCCCCCCCCCCCCCOC(=O)CCSCCCC(N)=NCCN(CCN=C(N)CCCSCCC(=O)OCCCCCCCCCCCCCC)CCN=C(N)CCCSCCC(=O)OCCCCCCCCCCCCCC. The highest BCUT2D eigenvalue weighted by atomic mass is 32.2. The van der Waals surface area contributed by atoms with Crippen LogP contribution in [-0.4, -0.2) is 134 Å². The van der Waals surface area contributed by atoms with Crippen molar-refractivity contribution in [3.8, 4) is 0 Å². The fourth-order valence-electron chi connectivity index (χ4n) is 10.0. The van der Waals surface area contributed by atoms with Gasteiger partial charge in [0, 0.05) is 56.2 Å². The van der Waals surface area contributed by atoms with Crippen molar-refractivity contribution < 1.29 is 28.6 Å². The van der Waals surface area contributed by atoms with Crippen LogP contribution in [0, 0.1) is 0 Å². The lowest BCUT2D eigenvalue weighted by Crippen LogP contribution is -2.33. The van der Waals surface area contributed by atoms with Gasteiger partial charge in [0.05, 0.1) is 76.2 Å². The summed E-state index contributed by atoms with van der Waals surface area (Å²) in [5.41, 5.74) is 19.1. The molecule has 0 aliphatic carbocycles. The predicted octanol–water partition coefficient (Wildman–Crippen LogP) is 17.8. The minimum atomic E-state index is -0.0925. The van der Waals surface area contributed by atoms with Crippen molar-refractivity contribution in [2.24, 2.45) is 32.2 Å². The first kappa shape index (κ1) is 82.8. The van der Waals surface area contributed by atoms with Crippen LogP contribution in [0.15, 0.2) is 15.0 Å². The molecule has 0 aromatic heterocycles. The zero-order valence-corrected chi connectivity index (χ0v) is 58.1. The summed E-state index contributed by atoms with van der Waals surface area (Å²) in [6.07, 6.45) is 52.9. The number of rotatable bonds is 69. The van der Waals surface area contributed by atoms with Crippen LogP contribution in [0.3, 0.4) is 0 Å². The fourth-order valence-corrected chi connectivity index (χ4v) is 12.6. The molecule has 85 heavy (non-hydrogen) atoms. The molecular weight excluding hydrogens is 1120 g/mol.